The first-order chi connectivity index (χ1) is 2.45. The van der Waals surface area contributed by atoms with Gasteiger partial charge in [-0.3, -0.25) is 0 Å². The number of hydrogen-bond donors (Lipinski definition) is 2. The molecule has 0 aliphatic rings. The molecule has 9 heteroatoms. The molecule has 0 saturated carbocycles. The van der Waals surface area contributed by atoms with Crippen molar-refractivity contribution in [3.05, 3.63) is 0 Å². The van der Waals surface area contributed by atoms with E-state index in [1.165, 1.54) is 0 Å². The minimum atomic E-state index is -5.22. The fourth-order valence-corrected chi connectivity index (χ4v) is 0. The van der Waals surface area contributed by atoms with Gasteiger partial charge < -0.3 is 12.3 Å². The van der Waals surface area contributed by atoms with Crippen LogP contribution in [0.1, 0.15) is 0 Å². The van der Waals surface area contributed by atoms with Crippen LogP contribution in [0.4, 0.5) is 0 Å². The molecule has 0 aromatic heterocycles. The first-order valence-corrected chi connectivity index (χ1v) is 14.2. The predicted octanol–water partition coefficient (Wildman–Crippen LogP) is 4.46. The molecule has 9 heavy (non-hydrogen) atoms. The van der Waals surface area contributed by atoms with Gasteiger partial charge in [-0.15, -0.1) is 0 Å². The van der Waals surface area contributed by atoms with Gasteiger partial charge in [-0.2, -0.15) is 0 Å². The second-order valence-corrected chi connectivity index (χ2v) is 40.3. The molecular weight excluding hydrogens is 342 g/mol. The van der Waals surface area contributed by atoms with Crippen LogP contribution in [0.5, 0.6) is 0 Å². The maximum absolute atomic E-state index is 5.22. The van der Waals surface area contributed by atoms with Gasteiger partial charge in [-0.05, 0) is 0 Å². The molecule has 0 aliphatic carbocycles. The van der Waals surface area contributed by atoms with E-state index in [4.69, 9.17) is 58.1 Å². The second-order valence-electron chi connectivity index (χ2n) is 0.758. The minimum absolute atomic E-state index is 0. The quantitative estimate of drug-likeness (QED) is 0.635. The zero-order valence-corrected chi connectivity index (χ0v) is 10.3. The molecule has 6 N–H and O–H groups in total. The van der Waals surface area contributed by atoms with E-state index in [0.29, 0.717) is 0 Å². The Morgan fingerprint density at radius 2 is 0.556 bits per heavy atom. The molecular formula is H6Cl6N2Ru. The summed E-state index contributed by atoms with van der Waals surface area (Å²) in [5.74, 6) is 0. The van der Waals surface area contributed by atoms with E-state index in [9.17, 15) is 0 Å². The third-order valence-corrected chi connectivity index (χ3v) is 0. The normalized spacial score (nSPS) is 18.0. The van der Waals surface area contributed by atoms with E-state index in [0.717, 1.165) is 0 Å². The molecule has 0 radical (unpaired) electrons. The predicted molar refractivity (Wildman–Crippen MR) is 45.2 cm³/mol. The van der Waals surface area contributed by atoms with Crippen LogP contribution in [-0.4, -0.2) is 0 Å². The van der Waals surface area contributed by atoms with E-state index in [2.05, 4.69) is 0 Å². The summed E-state index contributed by atoms with van der Waals surface area (Å²) in [6, 6.07) is 0. The van der Waals surface area contributed by atoms with E-state index in [1.807, 2.05) is 0 Å². The van der Waals surface area contributed by atoms with E-state index >= 15 is 0 Å². The Kier molecular flexibility index (Phi) is 5.73. The Hall–Kier alpha value is 2.28. The molecule has 0 heterocycles. The average molecular weight is 348 g/mol. The number of hydrogen-bond acceptors (Lipinski definition) is 2. The average Bonchev–Trinajstić information content (AvgIpc) is 0.592. The molecule has 0 fully saturated rings. The molecule has 0 atom stereocenters. The zero-order valence-electron chi connectivity index (χ0n) is 4.04. The van der Waals surface area contributed by atoms with Gasteiger partial charge in [0.05, 0.1) is 0 Å². The SMILES string of the molecule is N.N.[Cl][Ru]([Cl])([Cl])([Cl])([Cl])[Cl]. The Balaban J connectivity index is -0.000000180. The third kappa shape index (κ3) is 135. The van der Waals surface area contributed by atoms with Gasteiger partial charge in [0, 0.05) is 0 Å². The molecule has 0 spiro atoms. The molecule has 0 amide bonds. The van der Waals surface area contributed by atoms with E-state index in [1.54, 1.807) is 0 Å². The number of rotatable bonds is 0. The summed E-state index contributed by atoms with van der Waals surface area (Å²) in [6.45, 7) is -5.22. The van der Waals surface area contributed by atoms with Crippen molar-refractivity contribution >= 4 is 58.1 Å². The third-order valence-electron chi connectivity index (χ3n) is 0. The van der Waals surface area contributed by atoms with Crippen LogP contribution >= 0.6 is 58.1 Å². The van der Waals surface area contributed by atoms with Crippen LogP contribution in [0, 0.1) is 0 Å². The van der Waals surface area contributed by atoms with Crippen molar-refractivity contribution < 1.29 is 6.48 Å². The summed E-state index contributed by atoms with van der Waals surface area (Å²) in [5.41, 5.74) is 0. The van der Waals surface area contributed by atoms with Crippen molar-refractivity contribution in [2.45, 2.75) is 0 Å². The summed E-state index contributed by atoms with van der Waals surface area (Å²) in [6.07, 6.45) is 0. The van der Waals surface area contributed by atoms with Crippen LogP contribution in [0.25, 0.3) is 0 Å². The van der Waals surface area contributed by atoms with Crippen molar-refractivity contribution in [2.75, 3.05) is 0 Å². The summed E-state index contributed by atoms with van der Waals surface area (Å²) < 4.78 is 0. The Bertz CT molecular complexity index is 69.6. The van der Waals surface area contributed by atoms with Gasteiger partial charge in [0.15, 0.2) is 0 Å². The summed E-state index contributed by atoms with van der Waals surface area (Å²) in [7, 11) is 30.3. The van der Waals surface area contributed by atoms with Gasteiger partial charge in [-0.25, -0.2) is 0 Å². The van der Waals surface area contributed by atoms with Crippen molar-refractivity contribution in [1.29, 1.82) is 0 Å². The molecule has 0 unspecified atom stereocenters. The maximum atomic E-state index is 5.04. The zero-order chi connectivity index (χ0) is 6.41. The first-order valence-electron chi connectivity index (χ1n) is 0.802. The van der Waals surface area contributed by atoms with Gasteiger partial charge in [0.25, 0.3) is 0 Å². The fourth-order valence-electron chi connectivity index (χ4n) is 0. The first kappa shape index (κ1) is 17.4. The number of halogens is 6. The molecule has 0 saturated heterocycles. The summed E-state index contributed by atoms with van der Waals surface area (Å²) in [4.78, 5) is 0. The van der Waals surface area contributed by atoms with Gasteiger partial charge in [-0.1, -0.05) is 0 Å². The van der Waals surface area contributed by atoms with Gasteiger partial charge >= 0.3 is 64.6 Å². The van der Waals surface area contributed by atoms with Gasteiger partial charge in [0.2, 0.25) is 0 Å². The summed E-state index contributed by atoms with van der Waals surface area (Å²) >= 11 is 0. The van der Waals surface area contributed by atoms with Crippen molar-refractivity contribution in [3.8, 4) is 0 Å². The van der Waals surface area contributed by atoms with Gasteiger partial charge in [0.1, 0.15) is 0 Å². The Morgan fingerprint density at radius 3 is 0.556 bits per heavy atom. The molecule has 0 aromatic carbocycles. The fraction of sp³-hybridized carbons (Fsp3) is 0. The van der Waals surface area contributed by atoms with E-state index < -0.39 is 6.48 Å². The molecule has 0 aliphatic heterocycles. The molecule has 2 nitrogen and oxygen atoms in total. The topological polar surface area (TPSA) is 70.0 Å². The van der Waals surface area contributed by atoms with Crippen molar-refractivity contribution in [2.24, 2.45) is 0 Å². The second kappa shape index (κ2) is 2.97. The summed E-state index contributed by atoms with van der Waals surface area (Å²) in [5, 5.41) is 0. The van der Waals surface area contributed by atoms with Crippen LogP contribution in [0.3, 0.4) is 0 Å². The molecule has 0 aromatic rings. The molecule has 66 valence electrons. The monoisotopic (exact) mass is 346 g/mol. The van der Waals surface area contributed by atoms with Crippen LogP contribution < -0.4 is 12.3 Å². The van der Waals surface area contributed by atoms with Crippen LogP contribution in [0.2, 0.25) is 0 Å². The van der Waals surface area contributed by atoms with E-state index in [-0.39, 0.29) is 12.3 Å². The molecule has 0 rings (SSSR count). The Morgan fingerprint density at radius 1 is 0.556 bits per heavy atom. The van der Waals surface area contributed by atoms with Crippen molar-refractivity contribution in [1.82, 2.24) is 12.3 Å². The standard InChI is InChI=1S/6ClH.2H3N.Ru/h6*1H;2*1H3;/q;;;;;;;;+6/p-6. The van der Waals surface area contributed by atoms with Crippen molar-refractivity contribution in [3.63, 3.8) is 0 Å². The van der Waals surface area contributed by atoms with Crippen LogP contribution in [0.15, 0.2) is 0 Å². The molecule has 0 bridgehead atoms. The van der Waals surface area contributed by atoms with Crippen LogP contribution in [-0.2, 0) is 6.48 Å². The Labute approximate surface area is 76.1 Å².